The summed E-state index contributed by atoms with van der Waals surface area (Å²) in [6, 6.07) is 7.63. The average Bonchev–Trinajstić information content (AvgIpc) is 2.72. The lowest BCUT2D eigenvalue weighted by Crippen LogP contribution is -1.91. The van der Waals surface area contributed by atoms with E-state index in [0.717, 1.165) is 17.0 Å². The molecule has 16 heavy (non-hydrogen) atoms. The molecule has 0 radical (unpaired) electrons. The summed E-state index contributed by atoms with van der Waals surface area (Å²) in [4.78, 5) is 12.3. The average molecular weight is 231 g/mol. The summed E-state index contributed by atoms with van der Waals surface area (Å²) < 4.78 is 1.96. The van der Waals surface area contributed by atoms with E-state index >= 15 is 0 Å². The Morgan fingerprint density at radius 1 is 1.12 bits per heavy atom. The third kappa shape index (κ3) is 1.44. The second kappa shape index (κ2) is 3.57. The number of imidazole rings is 1. The van der Waals surface area contributed by atoms with Crippen LogP contribution in [0.4, 0.5) is 0 Å². The zero-order valence-corrected chi connectivity index (χ0v) is 8.96. The fourth-order valence-corrected chi connectivity index (χ4v) is 1.75. The number of aromatic nitrogens is 4. The Kier molecular flexibility index (Phi) is 2.08. The number of hydrogen-bond acceptors (Lipinski definition) is 3. The third-order valence-electron chi connectivity index (χ3n) is 2.31. The van der Waals surface area contributed by atoms with Gasteiger partial charge in [-0.05, 0) is 29.8 Å². The van der Waals surface area contributed by atoms with Crippen LogP contribution < -0.4 is 0 Å². The molecule has 0 saturated carbocycles. The van der Waals surface area contributed by atoms with Crippen molar-refractivity contribution in [2.75, 3.05) is 0 Å². The van der Waals surface area contributed by atoms with E-state index in [0.29, 0.717) is 0 Å². The molecule has 0 aliphatic heterocycles. The Bertz CT molecular complexity index is 647. The molecule has 0 saturated heterocycles. The molecule has 0 unspecified atom stereocenters. The summed E-state index contributed by atoms with van der Waals surface area (Å²) in [5.41, 5.74) is 2.55. The highest BCUT2D eigenvalue weighted by molar-refractivity contribution is 6.28. The van der Waals surface area contributed by atoms with Crippen LogP contribution in [0.25, 0.3) is 17.0 Å². The van der Waals surface area contributed by atoms with Gasteiger partial charge in [-0.15, -0.1) is 0 Å². The second-order valence-electron chi connectivity index (χ2n) is 3.28. The van der Waals surface area contributed by atoms with Crippen molar-refractivity contribution in [3.63, 3.8) is 0 Å². The van der Waals surface area contributed by atoms with Crippen LogP contribution in [0.1, 0.15) is 0 Å². The summed E-state index contributed by atoms with van der Waals surface area (Å²) in [6.07, 6.45) is 5.34. The monoisotopic (exact) mass is 230 g/mol. The minimum Gasteiger partial charge on any atom is -0.298 e. The van der Waals surface area contributed by atoms with E-state index in [1.165, 1.54) is 0 Å². The molecule has 3 aromatic heterocycles. The molecular formula is C11H7ClN4. The normalized spacial score (nSPS) is 10.8. The van der Waals surface area contributed by atoms with Crippen LogP contribution in [0.5, 0.6) is 0 Å². The zero-order chi connectivity index (χ0) is 11.0. The van der Waals surface area contributed by atoms with E-state index in [2.05, 4.69) is 15.0 Å². The van der Waals surface area contributed by atoms with Gasteiger partial charge in [0.15, 0.2) is 0 Å². The lowest BCUT2D eigenvalue weighted by Gasteiger charge is -2.00. The first-order valence-corrected chi connectivity index (χ1v) is 5.13. The van der Waals surface area contributed by atoms with Gasteiger partial charge in [0.05, 0.1) is 17.6 Å². The van der Waals surface area contributed by atoms with Crippen molar-refractivity contribution in [2.45, 2.75) is 0 Å². The van der Waals surface area contributed by atoms with Gasteiger partial charge in [-0.1, -0.05) is 6.07 Å². The molecule has 3 heterocycles. The van der Waals surface area contributed by atoms with Crippen LogP contribution >= 0.6 is 11.6 Å². The fraction of sp³-hybridized carbons (Fsp3) is 0. The first-order chi connectivity index (χ1) is 7.84. The molecule has 0 fully saturated rings. The van der Waals surface area contributed by atoms with Crippen LogP contribution in [-0.4, -0.2) is 19.4 Å². The molecule has 78 valence electrons. The molecule has 0 aliphatic rings. The molecule has 0 aliphatic carbocycles. The predicted octanol–water partition coefficient (Wildman–Crippen LogP) is 2.44. The molecule has 0 bridgehead atoms. The number of nitrogens with zero attached hydrogens (tertiary/aromatic N) is 4. The quantitative estimate of drug-likeness (QED) is 0.603. The van der Waals surface area contributed by atoms with Gasteiger partial charge in [0.2, 0.25) is 5.28 Å². The van der Waals surface area contributed by atoms with Gasteiger partial charge in [-0.25, -0.2) is 15.0 Å². The second-order valence-corrected chi connectivity index (χ2v) is 3.62. The molecule has 0 atom stereocenters. The molecule has 3 aromatic rings. The minimum absolute atomic E-state index is 0.239. The topological polar surface area (TPSA) is 43.1 Å². The molecule has 5 heteroatoms. The van der Waals surface area contributed by atoms with Gasteiger partial charge in [-0.2, -0.15) is 0 Å². The Morgan fingerprint density at radius 2 is 2.06 bits per heavy atom. The maximum atomic E-state index is 5.76. The van der Waals surface area contributed by atoms with E-state index in [4.69, 9.17) is 11.6 Å². The number of halogens is 1. The highest BCUT2D eigenvalue weighted by Crippen LogP contribution is 2.18. The van der Waals surface area contributed by atoms with E-state index in [1.807, 2.05) is 34.9 Å². The maximum Gasteiger partial charge on any atom is 0.222 e. The zero-order valence-electron chi connectivity index (χ0n) is 8.21. The van der Waals surface area contributed by atoms with E-state index in [9.17, 15) is 0 Å². The lowest BCUT2D eigenvalue weighted by molar-refractivity contribution is 1.13. The molecule has 0 aromatic carbocycles. The maximum absolute atomic E-state index is 5.76. The fourth-order valence-electron chi connectivity index (χ4n) is 1.60. The van der Waals surface area contributed by atoms with Crippen molar-refractivity contribution in [1.29, 1.82) is 0 Å². The van der Waals surface area contributed by atoms with Crippen LogP contribution in [-0.2, 0) is 0 Å². The van der Waals surface area contributed by atoms with Gasteiger partial charge in [-0.3, -0.25) is 4.40 Å². The summed E-state index contributed by atoms with van der Waals surface area (Å²) in [7, 11) is 0. The van der Waals surface area contributed by atoms with Crippen molar-refractivity contribution >= 4 is 17.2 Å². The highest BCUT2D eigenvalue weighted by atomic mass is 35.5. The summed E-state index contributed by atoms with van der Waals surface area (Å²) in [6.45, 7) is 0. The van der Waals surface area contributed by atoms with Crippen LogP contribution in [0.3, 0.4) is 0 Å². The highest BCUT2D eigenvalue weighted by Gasteiger charge is 2.06. The first kappa shape index (κ1) is 9.30. The van der Waals surface area contributed by atoms with Crippen molar-refractivity contribution in [3.8, 4) is 11.4 Å². The Balaban J connectivity index is 2.26. The summed E-state index contributed by atoms with van der Waals surface area (Å²) >= 11 is 5.76. The first-order valence-electron chi connectivity index (χ1n) is 4.75. The predicted molar refractivity (Wildman–Crippen MR) is 61.2 cm³/mol. The van der Waals surface area contributed by atoms with Crippen LogP contribution in [0, 0.1) is 0 Å². The molecule has 0 amide bonds. The molecular weight excluding hydrogens is 224 g/mol. The largest absolute Gasteiger partial charge is 0.298 e. The minimum atomic E-state index is 0.239. The van der Waals surface area contributed by atoms with Crippen LogP contribution in [0.15, 0.2) is 42.9 Å². The molecule has 0 spiro atoms. The number of pyridine rings is 1. The van der Waals surface area contributed by atoms with Gasteiger partial charge >= 0.3 is 0 Å². The molecule has 3 rings (SSSR count). The van der Waals surface area contributed by atoms with E-state index in [-0.39, 0.29) is 5.28 Å². The van der Waals surface area contributed by atoms with Crippen molar-refractivity contribution in [3.05, 3.63) is 48.1 Å². The smallest absolute Gasteiger partial charge is 0.222 e. The van der Waals surface area contributed by atoms with Gasteiger partial charge in [0.25, 0.3) is 0 Å². The Hall–Kier alpha value is -1.94. The summed E-state index contributed by atoms with van der Waals surface area (Å²) in [5, 5.41) is 0.239. The van der Waals surface area contributed by atoms with E-state index in [1.54, 1.807) is 12.4 Å². The standard InChI is InChI=1S/C11H7ClN4/c12-11-13-5-4-8(15-11)9-7-14-10-3-1-2-6-16(9)10/h1-7H. The van der Waals surface area contributed by atoms with E-state index < -0.39 is 0 Å². The summed E-state index contributed by atoms with van der Waals surface area (Å²) in [5.74, 6) is 0. The third-order valence-corrected chi connectivity index (χ3v) is 2.49. The van der Waals surface area contributed by atoms with Gasteiger partial charge in [0.1, 0.15) is 5.65 Å². The number of hydrogen-bond donors (Lipinski definition) is 0. The van der Waals surface area contributed by atoms with Gasteiger partial charge in [0, 0.05) is 12.4 Å². The van der Waals surface area contributed by atoms with Gasteiger partial charge < -0.3 is 0 Å². The van der Waals surface area contributed by atoms with Crippen LogP contribution in [0.2, 0.25) is 5.28 Å². The SMILES string of the molecule is Clc1nccc(-c2cnc3ccccn23)n1. The number of rotatable bonds is 1. The lowest BCUT2D eigenvalue weighted by atomic mass is 10.3. The van der Waals surface area contributed by atoms with Crippen molar-refractivity contribution in [1.82, 2.24) is 19.4 Å². The molecule has 4 nitrogen and oxygen atoms in total. The Labute approximate surface area is 96.6 Å². The van der Waals surface area contributed by atoms with Crippen molar-refractivity contribution in [2.24, 2.45) is 0 Å². The Morgan fingerprint density at radius 3 is 2.94 bits per heavy atom. The number of fused-ring (bicyclic) bond motifs is 1. The molecule has 0 N–H and O–H groups in total. The van der Waals surface area contributed by atoms with Crippen molar-refractivity contribution < 1.29 is 0 Å².